The fourth-order valence-electron chi connectivity index (χ4n) is 2.56. The van der Waals surface area contributed by atoms with E-state index < -0.39 is 6.10 Å². The minimum absolute atomic E-state index is 0.107. The van der Waals surface area contributed by atoms with Crippen LogP contribution < -0.4 is 16.2 Å². The van der Waals surface area contributed by atoms with Gasteiger partial charge in [-0.1, -0.05) is 0 Å². The molecule has 0 aliphatic carbocycles. The lowest BCUT2D eigenvalue weighted by Gasteiger charge is -2.32. The first kappa shape index (κ1) is 15.6. The van der Waals surface area contributed by atoms with E-state index in [1.54, 1.807) is 24.3 Å². The Morgan fingerprint density at radius 3 is 2.81 bits per heavy atom. The van der Waals surface area contributed by atoms with Crippen LogP contribution in [0.3, 0.4) is 0 Å². The molecule has 0 saturated carbocycles. The highest BCUT2D eigenvalue weighted by Gasteiger charge is 2.25. The Hall–Kier alpha value is -1.79. The van der Waals surface area contributed by atoms with Crippen LogP contribution in [0.4, 0.5) is 5.69 Å². The van der Waals surface area contributed by atoms with Crippen LogP contribution in [0.5, 0.6) is 5.75 Å². The number of β-amino-alcohol motifs (C(OH)–C–C–N with tert-alkyl or cyclic N) is 1. The number of anilines is 1. The lowest BCUT2D eigenvalue weighted by Crippen LogP contribution is -2.45. The molecule has 1 aliphatic heterocycles. The van der Waals surface area contributed by atoms with Crippen LogP contribution in [-0.4, -0.2) is 48.3 Å². The molecule has 1 aliphatic rings. The van der Waals surface area contributed by atoms with Gasteiger partial charge in [0.15, 0.2) is 0 Å². The van der Waals surface area contributed by atoms with Gasteiger partial charge in [-0.05, 0) is 43.7 Å². The van der Waals surface area contributed by atoms with Gasteiger partial charge in [0, 0.05) is 18.8 Å². The highest BCUT2D eigenvalue weighted by Crippen LogP contribution is 2.17. The van der Waals surface area contributed by atoms with E-state index in [1.165, 1.54) is 0 Å². The molecule has 1 fully saturated rings. The largest absolute Gasteiger partial charge is 0.491 e. The van der Waals surface area contributed by atoms with Crippen LogP contribution in [0, 0.1) is 5.92 Å². The molecule has 1 heterocycles. The summed E-state index contributed by atoms with van der Waals surface area (Å²) in [5.74, 6) is 0.313. The maximum absolute atomic E-state index is 11.2. The van der Waals surface area contributed by atoms with Gasteiger partial charge in [-0.15, -0.1) is 0 Å². The van der Waals surface area contributed by atoms with Crippen LogP contribution in [0.15, 0.2) is 24.3 Å². The number of aliphatic hydroxyl groups is 1. The third kappa shape index (κ3) is 4.91. The van der Waals surface area contributed by atoms with Crippen LogP contribution >= 0.6 is 0 Å². The summed E-state index contributed by atoms with van der Waals surface area (Å²) in [5.41, 5.74) is 11.6. The van der Waals surface area contributed by atoms with Gasteiger partial charge in [-0.2, -0.15) is 0 Å². The summed E-state index contributed by atoms with van der Waals surface area (Å²) in [6.07, 6.45) is 1.16. The predicted octanol–water partition coefficient (Wildman–Crippen LogP) is 0.206. The number of hydrogen-bond donors (Lipinski definition) is 3. The minimum Gasteiger partial charge on any atom is -0.491 e. The molecule has 116 valence electrons. The molecule has 1 aromatic carbocycles. The fraction of sp³-hybridized carbons (Fsp3) is 0.533. The van der Waals surface area contributed by atoms with E-state index in [-0.39, 0.29) is 18.4 Å². The molecule has 1 aromatic rings. The van der Waals surface area contributed by atoms with Gasteiger partial charge < -0.3 is 21.3 Å². The molecule has 1 saturated heterocycles. The Morgan fingerprint density at radius 1 is 1.43 bits per heavy atom. The zero-order valence-corrected chi connectivity index (χ0v) is 12.1. The van der Waals surface area contributed by atoms with Crippen molar-refractivity contribution in [2.45, 2.75) is 18.9 Å². The summed E-state index contributed by atoms with van der Waals surface area (Å²) in [4.78, 5) is 13.3. The van der Waals surface area contributed by atoms with E-state index in [0.29, 0.717) is 24.5 Å². The number of piperidine rings is 1. The number of amides is 1. The van der Waals surface area contributed by atoms with E-state index in [2.05, 4.69) is 4.90 Å². The molecule has 6 heteroatoms. The first-order chi connectivity index (χ1) is 10.0. The highest BCUT2D eigenvalue weighted by atomic mass is 16.5. The summed E-state index contributed by atoms with van der Waals surface area (Å²) in [6, 6.07) is 7.05. The molecular formula is C15H23N3O3. The maximum atomic E-state index is 11.2. The third-order valence-electron chi connectivity index (χ3n) is 3.70. The molecule has 0 radical (unpaired) electrons. The lowest BCUT2D eigenvalue weighted by molar-refractivity contribution is -0.123. The Balaban J connectivity index is 1.75. The number of hydrogen-bond acceptors (Lipinski definition) is 5. The second-order valence-electron chi connectivity index (χ2n) is 5.53. The molecule has 0 bridgehead atoms. The maximum Gasteiger partial charge on any atom is 0.221 e. The topological polar surface area (TPSA) is 102 Å². The Morgan fingerprint density at radius 2 is 2.14 bits per heavy atom. The Labute approximate surface area is 124 Å². The first-order valence-corrected chi connectivity index (χ1v) is 7.22. The number of benzene rings is 1. The average Bonchev–Trinajstić information content (AvgIpc) is 2.47. The zero-order chi connectivity index (χ0) is 15.2. The van der Waals surface area contributed by atoms with Gasteiger partial charge >= 0.3 is 0 Å². The van der Waals surface area contributed by atoms with Crippen molar-refractivity contribution in [3.05, 3.63) is 24.3 Å². The van der Waals surface area contributed by atoms with Crippen molar-refractivity contribution >= 4 is 11.6 Å². The van der Waals surface area contributed by atoms with Gasteiger partial charge in [0.05, 0.1) is 5.92 Å². The lowest BCUT2D eigenvalue weighted by atomic mass is 9.97. The summed E-state index contributed by atoms with van der Waals surface area (Å²) in [5, 5.41) is 10.0. The third-order valence-corrected chi connectivity index (χ3v) is 3.70. The normalized spacial score (nSPS) is 20.9. The molecular weight excluding hydrogens is 270 g/mol. The second kappa shape index (κ2) is 7.28. The van der Waals surface area contributed by atoms with Crippen molar-refractivity contribution in [2.24, 2.45) is 11.7 Å². The van der Waals surface area contributed by atoms with Gasteiger partial charge in [-0.3, -0.25) is 9.69 Å². The summed E-state index contributed by atoms with van der Waals surface area (Å²) >= 11 is 0. The number of nitrogens with zero attached hydrogens (tertiary/aromatic N) is 1. The smallest absolute Gasteiger partial charge is 0.221 e. The van der Waals surface area contributed by atoms with Crippen molar-refractivity contribution < 1.29 is 14.6 Å². The van der Waals surface area contributed by atoms with Crippen molar-refractivity contribution in [3.8, 4) is 5.75 Å². The number of rotatable bonds is 6. The number of aliphatic hydroxyl groups excluding tert-OH is 1. The van der Waals surface area contributed by atoms with Crippen LogP contribution in [0.2, 0.25) is 0 Å². The summed E-state index contributed by atoms with van der Waals surface area (Å²) in [6.45, 7) is 2.19. The molecule has 2 atom stereocenters. The number of nitrogen functional groups attached to an aromatic ring is 1. The van der Waals surface area contributed by atoms with E-state index in [9.17, 15) is 9.90 Å². The standard InChI is InChI=1S/C15H23N3O3/c16-12-3-5-14(6-4-12)21-10-13(19)9-18-7-1-2-11(8-18)15(17)20/h3-6,11,13,19H,1-2,7-10,16H2,(H2,17,20). The van der Waals surface area contributed by atoms with Gasteiger partial charge in [0.25, 0.3) is 0 Å². The van der Waals surface area contributed by atoms with E-state index >= 15 is 0 Å². The quantitative estimate of drug-likeness (QED) is 0.651. The molecule has 0 aromatic heterocycles. The minimum atomic E-state index is -0.603. The zero-order valence-electron chi connectivity index (χ0n) is 12.1. The Bertz CT molecular complexity index is 464. The van der Waals surface area contributed by atoms with Crippen LogP contribution in [0.25, 0.3) is 0 Å². The van der Waals surface area contributed by atoms with Crippen molar-refractivity contribution in [3.63, 3.8) is 0 Å². The predicted molar refractivity (Wildman–Crippen MR) is 80.7 cm³/mol. The van der Waals surface area contributed by atoms with Crippen LogP contribution in [-0.2, 0) is 4.79 Å². The number of primary amides is 1. The SMILES string of the molecule is NC(=O)C1CCCN(CC(O)COc2ccc(N)cc2)C1. The molecule has 2 unspecified atom stereocenters. The van der Waals surface area contributed by atoms with Gasteiger partial charge in [0.2, 0.25) is 5.91 Å². The molecule has 6 nitrogen and oxygen atoms in total. The monoisotopic (exact) mass is 293 g/mol. The number of likely N-dealkylation sites (tertiary alicyclic amines) is 1. The Kier molecular flexibility index (Phi) is 5.41. The number of carbonyl (C=O) groups is 1. The van der Waals surface area contributed by atoms with E-state index in [1.807, 2.05) is 0 Å². The van der Waals surface area contributed by atoms with Crippen molar-refractivity contribution in [2.75, 3.05) is 32.0 Å². The van der Waals surface area contributed by atoms with Gasteiger partial charge in [-0.25, -0.2) is 0 Å². The summed E-state index contributed by atoms with van der Waals surface area (Å²) < 4.78 is 5.51. The van der Waals surface area contributed by atoms with Gasteiger partial charge in [0.1, 0.15) is 18.5 Å². The molecule has 21 heavy (non-hydrogen) atoms. The molecule has 5 N–H and O–H groups in total. The number of carbonyl (C=O) groups excluding carboxylic acids is 1. The van der Waals surface area contributed by atoms with E-state index in [4.69, 9.17) is 16.2 Å². The fourth-order valence-corrected chi connectivity index (χ4v) is 2.56. The summed E-state index contributed by atoms with van der Waals surface area (Å²) in [7, 11) is 0. The average molecular weight is 293 g/mol. The number of nitrogens with two attached hydrogens (primary N) is 2. The van der Waals surface area contributed by atoms with E-state index in [0.717, 1.165) is 19.4 Å². The number of ether oxygens (including phenoxy) is 1. The molecule has 0 spiro atoms. The first-order valence-electron chi connectivity index (χ1n) is 7.22. The highest BCUT2D eigenvalue weighted by molar-refractivity contribution is 5.76. The van der Waals surface area contributed by atoms with Crippen LogP contribution in [0.1, 0.15) is 12.8 Å². The van der Waals surface area contributed by atoms with Crippen molar-refractivity contribution in [1.82, 2.24) is 4.90 Å². The molecule has 1 amide bonds. The molecule has 2 rings (SSSR count). The van der Waals surface area contributed by atoms with Crippen molar-refractivity contribution in [1.29, 1.82) is 0 Å². The second-order valence-corrected chi connectivity index (χ2v) is 5.53.